The minimum absolute atomic E-state index is 0.0296. The fraction of sp³-hybridized carbons (Fsp3) is 0.500. The van der Waals surface area contributed by atoms with Gasteiger partial charge >= 0.3 is 5.69 Å². The van der Waals surface area contributed by atoms with Gasteiger partial charge in [0.15, 0.2) is 0 Å². The van der Waals surface area contributed by atoms with Crippen LogP contribution >= 0.6 is 11.6 Å². The summed E-state index contributed by atoms with van der Waals surface area (Å²) in [5, 5.41) is 14.3. The van der Waals surface area contributed by atoms with Gasteiger partial charge in [-0.15, -0.1) is 0 Å². The highest BCUT2D eigenvalue weighted by atomic mass is 35.5. The number of nitrogens with one attached hydrogen (secondary N) is 1. The molecule has 5 nitrogen and oxygen atoms in total. The molecule has 1 saturated carbocycles. The maximum absolute atomic E-state index is 10.9. The lowest BCUT2D eigenvalue weighted by atomic mass is 9.82. The smallest absolute Gasteiger partial charge is 0.312 e. The van der Waals surface area contributed by atoms with Gasteiger partial charge in [0.2, 0.25) is 5.75 Å². The molecule has 0 spiro atoms. The van der Waals surface area contributed by atoms with E-state index >= 15 is 0 Å². The standard InChI is InChI=1S/C12H15ClN2O3/c1-14-7-8-5-9(6-8)18-12-10(13)3-2-4-11(12)15(16)17/h2-4,8-9,14H,5-7H2,1H3. The molecular weight excluding hydrogens is 256 g/mol. The van der Waals surface area contributed by atoms with Crippen LogP contribution in [-0.4, -0.2) is 24.6 Å². The number of nitro groups is 1. The first-order valence-electron chi connectivity index (χ1n) is 5.86. The van der Waals surface area contributed by atoms with Crippen LogP contribution in [-0.2, 0) is 0 Å². The number of halogens is 1. The SMILES string of the molecule is CNCC1CC(Oc2c(Cl)cccc2[N+](=O)[O-])C1. The largest absolute Gasteiger partial charge is 0.482 e. The Morgan fingerprint density at radius 1 is 1.56 bits per heavy atom. The van der Waals surface area contributed by atoms with Crippen molar-refractivity contribution in [3.8, 4) is 5.75 Å². The van der Waals surface area contributed by atoms with E-state index in [1.165, 1.54) is 6.07 Å². The van der Waals surface area contributed by atoms with Gasteiger partial charge in [-0.25, -0.2) is 0 Å². The van der Waals surface area contributed by atoms with Crippen molar-refractivity contribution in [2.75, 3.05) is 13.6 Å². The van der Waals surface area contributed by atoms with Crippen molar-refractivity contribution in [3.05, 3.63) is 33.3 Å². The van der Waals surface area contributed by atoms with Crippen LogP contribution in [0.15, 0.2) is 18.2 Å². The van der Waals surface area contributed by atoms with Crippen molar-refractivity contribution in [1.82, 2.24) is 5.32 Å². The maximum Gasteiger partial charge on any atom is 0.312 e. The lowest BCUT2D eigenvalue weighted by molar-refractivity contribution is -0.386. The van der Waals surface area contributed by atoms with Crippen molar-refractivity contribution in [3.63, 3.8) is 0 Å². The van der Waals surface area contributed by atoms with Gasteiger partial charge in [-0.1, -0.05) is 17.7 Å². The Balaban J connectivity index is 2.04. The second kappa shape index (κ2) is 5.54. The maximum atomic E-state index is 10.9. The third-order valence-corrected chi connectivity index (χ3v) is 3.41. The first-order valence-corrected chi connectivity index (χ1v) is 6.23. The van der Waals surface area contributed by atoms with E-state index in [-0.39, 0.29) is 17.5 Å². The Kier molecular flexibility index (Phi) is 4.04. The van der Waals surface area contributed by atoms with Gasteiger partial charge in [0, 0.05) is 6.07 Å². The first kappa shape index (κ1) is 13.1. The molecule has 1 aliphatic rings. The third kappa shape index (κ3) is 2.73. The molecule has 0 heterocycles. The number of benzene rings is 1. The molecular formula is C12H15ClN2O3. The van der Waals surface area contributed by atoms with E-state index in [1.807, 2.05) is 7.05 Å². The summed E-state index contributed by atoms with van der Waals surface area (Å²) in [6.45, 7) is 0.949. The first-order chi connectivity index (χ1) is 8.61. The molecule has 0 bridgehead atoms. The molecule has 98 valence electrons. The Hall–Kier alpha value is -1.33. The fourth-order valence-corrected chi connectivity index (χ4v) is 2.36. The molecule has 18 heavy (non-hydrogen) atoms. The van der Waals surface area contributed by atoms with Gasteiger partial charge in [0.25, 0.3) is 0 Å². The summed E-state index contributed by atoms with van der Waals surface area (Å²) in [7, 11) is 1.91. The number of ether oxygens (including phenoxy) is 1. The summed E-state index contributed by atoms with van der Waals surface area (Å²) in [6, 6.07) is 4.57. The number of hydrogen-bond donors (Lipinski definition) is 1. The molecule has 0 radical (unpaired) electrons. The number of hydrogen-bond acceptors (Lipinski definition) is 4. The summed E-state index contributed by atoms with van der Waals surface area (Å²) in [6.07, 6.45) is 1.84. The van der Waals surface area contributed by atoms with Crippen molar-refractivity contribution in [2.45, 2.75) is 18.9 Å². The zero-order valence-electron chi connectivity index (χ0n) is 10.1. The van der Waals surface area contributed by atoms with Crippen molar-refractivity contribution < 1.29 is 9.66 Å². The summed E-state index contributed by atoms with van der Waals surface area (Å²) in [5.41, 5.74) is -0.0698. The molecule has 0 aromatic heterocycles. The van der Waals surface area contributed by atoms with Crippen LogP contribution in [0.1, 0.15) is 12.8 Å². The number of nitrogens with zero attached hydrogens (tertiary/aromatic N) is 1. The van der Waals surface area contributed by atoms with Crippen LogP contribution < -0.4 is 10.1 Å². The normalized spacial score (nSPS) is 22.3. The average molecular weight is 271 g/mol. The summed E-state index contributed by atoms with van der Waals surface area (Å²) >= 11 is 5.95. The second-order valence-corrected chi connectivity index (χ2v) is 4.89. The van der Waals surface area contributed by atoms with E-state index in [4.69, 9.17) is 16.3 Å². The molecule has 0 unspecified atom stereocenters. The third-order valence-electron chi connectivity index (χ3n) is 3.11. The van der Waals surface area contributed by atoms with Gasteiger partial charge in [0.1, 0.15) is 0 Å². The van der Waals surface area contributed by atoms with Crippen LogP contribution in [0.3, 0.4) is 0 Å². The van der Waals surface area contributed by atoms with Gasteiger partial charge in [-0.05, 0) is 38.4 Å². The summed E-state index contributed by atoms with van der Waals surface area (Å²) in [5.74, 6) is 0.776. The monoisotopic (exact) mass is 270 g/mol. The molecule has 1 aromatic carbocycles. The van der Waals surface area contributed by atoms with Gasteiger partial charge in [-0.3, -0.25) is 10.1 Å². The van der Waals surface area contributed by atoms with E-state index < -0.39 is 4.92 Å². The quantitative estimate of drug-likeness (QED) is 0.660. The van der Waals surface area contributed by atoms with Crippen molar-refractivity contribution in [2.24, 2.45) is 5.92 Å². The predicted molar refractivity (Wildman–Crippen MR) is 69.2 cm³/mol. The van der Waals surface area contributed by atoms with Crippen LogP contribution in [0.4, 0.5) is 5.69 Å². The minimum atomic E-state index is -0.467. The second-order valence-electron chi connectivity index (χ2n) is 4.48. The molecule has 1 fully saturated rings. The highest BCUT2D eigenvalue weighted by Crippen LogP contribution is 2.39. The summed E-state index contributed by atoms with van der Waals surface area (Å²) < 4.78 is 5.65. The Labute approximate surface area is 110 Å². The van der Waals surface area contributed by atoms with Crippen LogP contribution in [0, 0.1) is 16.0 Å². The zero-order chi connectivity index (χ0) is 13.1. The van der Waals surface area contributed by atoms with Crippen molar-refractivity contribution >= 4 is 17.3 Å². The molecule has 0 atom stereocenters. The van der Waals surface area contributed by atoms with Crippen LogP contribution in [0.2, 0.25) is 5.02 Å². The molecule has 0 aliphatic heterocycles. The lowest BCUT2D eigenvalue weighted by Crippen LogP contribution is -2.38. The average Bonchev–Trinajstić information content (AvgIpc) is 2.28. The number of nitro benzene ring substituents is 1. The molecule has 2 rings (SSSR count). The fourth-order valence-electron chi connectivity index (χ4n) is 2.15. The highest BCUT2D eigenvalue weighted by molar-refractivity contribution is 6.32. The van der Waals surface area contributed by atoms with E-state index in [2.05, 4.69) is 5.32 Å². The Morgan fingerprint density at radius 3 is 2.89 bits per heavy atom. The van der Waals surface area contributed by atoms with Crippen molar-refractivity contribution in [1.29, 1.82) is 0 Å². The number of rotatable bonds is 5. The molecule has 1 N–H and O–H groups in total. The summed E-state index contributed by atoms with van der Waals surface area (Å²) in [4.78, 5) is 10.4. The van der Waals surface area contributed by atoms with E-state index in [0.29, 0.717) is 10.9 Å². The van der Waals surface area contributed by atoms with Gasteiger partial charge in [-0.2, -0.15) is 0 Å². The molecule has 1 aromatic rings. The van der Waals surface area contributed by atoms with Crippen LogP contribution in [0.5, 0.6) is 5.75 Å². The van der Waals surface area contributed by atoms with E-state index in [9.17, 15) is 10.1 Å². The lowest BCUT2D eigenvalue weighted by Gasteiger charge is -2.35. The highest BCUT2D eigenvalue weighted by Gasteiger charge is 2.32. The Bertz CT molecular complexity index is 447. The molecule has 6 heteroatoms. The topological polar surface area (TPSA) is 64.4 Å². The number of para-hydroxylation sites is 1. The molecule has 1 aliphatic carbocycles. The predicted octanol–water partition coefficient (Wildman–Crippen LogP) is 2.63. The minimum Gasteiger partial charge on any atom is -0.482 e. The van der Waals surface area contributed by atoms with Crippen LogP contribution in [0.25, 0.3) is 0 Å². The van der Waals surface area contributed by atoms with E-state index in [0.717, 1.165) is 19.4 Å². The molecule has 0 saturated heterocycles. The Morgan fingerprint density at radius 2 is 2.28 bits per heavy atom. The molecule has 0 amide bonds. The zero-order valence-corrected chi connectivity index (χ0v) is 10.8. The van der Waals surface area contributed by atoms with E-state index in [1.54, 1.807) is 12.1 Å². The van der Waals surface area contributed by atoms with Gasteiger partial charge in [0.05, 0.1) is 16.0 Å². The van der Waals surface area contributed by atoms with Gasteiger partial charge < -0.3 is 10.1 Å².